The summed E-state index contributed by atoms with van der Waals surface area (Å²) in [6, 6.07) is 0.232. The molecule has 0 radical (unpaired) electrons. The van der Waals surface area contributed by atoms with Crippen LogP contribution in [-0.2, 0) is 11.2 Å². The molecule has 0 amide bonds. The van der Waals surface area contributed by atoms with E-state index in [9.17, 15) is 4.79 Å². The molecule has 1 aromatic rings. The molecule has 0 aromatic carbocycles. The van der Waals surface area contributed by atoms with E-state index in [2.05, 4.69) is 25.8 Å². The monoisotopic (exact) mass is 281 g/mol. The number of nitrogen functional groups attached to an aromatic ring is 1. The molecule has 2 unspecified atom stereocenters. The van der Waals surface area contributed by atoms with Crippen LogP contribution >= 0.6 is 0 Å². The molecule has 2 N–H and O–H groups in total. The number of aromatic nitrogens is 2. The minimum Gasteiger partial charge on any atom is -0.461 e. The minimum atomic E-state index is -0.436. The number of ether oxygens (including phenoxy) is 1. The van der Waals surface area contributed by atoms with E-state index in [0.29, 0.717) is 18.3 Å². The van der Waals surface area contributed by atoms with Gasteiger partial charge in [-0.1, -0.05) is 27.2 Å². The zero-order valence-electron chi connectivity index (χ0n) is 13.3. The first kappa shape index (κ1) is 16.5. The van der Waals surface area contributed by atoms with Crippen molar-refractivity contribution < 1.29 is 9.53 Å². The number of carbonyl (C=O) groups is 1. The Hall–Kier alpha value is -1.52. The first-order valence-corrected chi connectivity index (χ1v) is 7.49. The minimum absolute atomic E-state index is 0.232. The van der Waals surface area contributed by atoms with Crippen LogP contribution in [0.2, 0.25) is 0 Å². The van der Waals surface area contributed by atoms with Crippen LogP contribution in [0.15, 0.2) is 0 Å². The van der Waals surface area contributed by atoms with E-state index in [1.54, 1.807) is 6.92 Å². The summed E-state index contributed by atoms with van der Waals surface area (Å²) in [5.41, 5.74) is 6.38. The van der Waals surface area contributed by atoms with E-state index < -0.39 is 5.97 Å². The van der Waals surface area contributed by atoms with Crippen molar-refractivity contribution in [2.24, 2.45) is 5.92 Å². The van der Waals surface area contributed by atoms with Crippen molar-refractivity contribution in [2.75, 3.05) is 12.3 Å². The number of anilines is 1. The van der Waals surface area contributed by atoms with Crippen LogP contribution in [0, 0.1) is 5.92 Å². The maximum absolute atomic E-state index is 11.9. The van der Waals surface area contributed by atoms with Crippen LogP contribution in [0.1, 0.15) is 69.8 Å². The quantitative estimate of drug-likeness (QED) is 0.779. The molecular formula is C15H27N3O2. The maximum Gasteiger partial charge on any atom is 0.360 e. The summed E-state index contributed by atoms with van der Waals surface area (Å²) in [5.74, 6) is 1.45. The van der Waals surface area contributed by atoms with Gasteiger partial charge in [-0.2, -0.15) is 0 Å². The average Bonchev–Trinajstić information content (AvgIpc) is 2.75. The van der Waals surface area contributed by atoms with Gasteiger partial charge in [0.15, 0.2) is 5.69 Å². The van der Waals surface area contributed by atoms with E-state index in [1.165, 1.54) is 0 Å². The fourth-order valence-corrected chi connectivity index (χ4v) is 2.44. The lowest BCUT2D eigenvalue weighted by atomic mass is 10.00. The van der Waals surface area contributed by atoms with Crippen molar-refractivity contribution in [3.8, 4) is 0 Å². The van der Waals surface area contributed by atoms with E-state index in [1.807, 2.05) is 11.5 Å². The van der Waals surface area contributed by atoms with Crippen LogP contribution < -0.4 is 5.73 Å². The van der Waals surface area contributed by atoms with Gasteiger partial charge in [0.2, 0.25) is 0 Å². The Morgan fingerprint density at radius 1 is 1.35 bits per heavy atom. The molecule has 0 aliphatic carbocycles. The molecule has 0 saturated carbocycles. The van der Waals surface area contributed by atoms with Gasteiger partial charge in [0.25, 0.3) is 0 Å². The lowest BCUT2D eigenvalue weighted by Crippen LogP contribution is -2.15. The van der Waals surface area contributed by atoms with Crippen LogP contribution in [-0.4, -0.2) is 22.1 Å². The summed E-state index contributed by atoms with van der Waals surface area (Å²) in [7, 11) is 0. The maximum atomic E-state index is 11.9. The molecule has 20 heavy (non-hydrogen) atoms. The largest absolute Gasteiger partial charge is 0.461 e. The number of hydrogen-bond donors (Lipinski definition) is 1. The fourth-order valence-electron chi connectivity index (χ4n) is 2.44. The molecule has 0 fully saturated rings. The Balaban J connectivity index is 3.09. The summed E-state index contributed by atoms with van der Waals surface area (Å²) in [4.78, 5) is 16.2. The lowest BCUT2D eigenvalue weighted by Gasteiger charge is -2.20. The van der Waals surface area contributed by atoms with Crippen LogP contribution in [0.5, 0.6) is 0 Å². The average molecular weight is 281 g/mol. The predicted octanol–water partition coefficient (Wildman–Crippen LogP) is 3.20. The molecule has 5 heteroatoms. The first-order chi connectivity index (χ1) is 9.46. The third kappa shape index (κ3) is 3.52. The Bertz CT molecular complexity index is 454. The number of aryl methyl sites for hydroxylation is 1. The second-order valence-corrected chi connectivity index (χ2v) is 5.30. The Kier molecular flexibility index (Phi) is 6.05. The van der Waals surface area contributed by atoms with Gasteiger partial charge in [-0.25, -0.2) is 9.78 Å². The number of esters is 1. The van der Waals surface area contributed by atoms with Gasteiger partial charge in [-0.05, 0) is 26.2 Å². The molecule has 1 rings (SSSR count). The molecular weight excluding hydrogens is 254 g/mol. The second-order valence-electron chi connectivity index (χ2n) is 5.30. The highest BCUT2D eigenvalue weighted by atomic mass is 16.5. The zero-order chi connectivity index (χ0) is 15.3. The molecule has 2 atom stereocenters. The van der Waals surface area contributed by atoms with Crippen molar-refractivity contribution in [2.45, 2.75) is 59.9 Å². The van der Waals surface area contributed by atoms with Gasteiger partial charge >= 0.3 is 5.97 Å². The van der Waals surface area contributed by atoms with Gasteiger partial charge in [-0.15, -0.1) is 0 Å². The smallest absolute Gasteiger partial charge is 0.360 e. The summed E-state index contributed by atoms with van der Waals surface area (Å²) < 4.78 is 6.99. The van der Waals surface area contributed by atoms with Crippen LogP contribution in [0.4, 0.5) is 5.82 Å². The topological polar surface area (TPSA) is 70.1 Å². The highest BCUT2D eigenvalue weighted by Gasteiger charge is 2.23. The summed E-state index contributed by atoms with van der Waals surface area (Å²) in [6.07, 6.45) is 2.89. The van der Waals surface area contributed by atoms with Crippen molar-refractivity contribution in [3.63, 3.8) is 0 Å². The SMILES string of the molecule is CCOC(=O)c1nc(CC)n(C(C)CC(C)CC)c1N. The van der Waals surface area contributed by atoms with Gasteiger partial charge < -0.3 is 15.0 Å². The van der Waals surface area contributed by atoms with Gasteiger partial charge in [0.05, 0.1) is 6.61 Å². The molecule has 0 spiro atoms. The number of carbonyl (C=O) groups excluding carboxylic acids is 1. The van der Waals surface area contributed by atoms with Crippen molar-refractivity contribution in [1.82, 2.24) is 9.55 Å². The van der Waals surface area contributed by atoms with Crippen molar-refractivity contribution in [1.29, 1.82) is 0 Å². The zero-order valence-corrected chi connectivity index (χ0v) is 13.3. The Morgan fingerprint density at radius 3 is 2.50 bits per heavy atom. The molecule has 0 aliphatic rings. The third-order valence-electron chi connectivity index (χ3n) is 3.69. The van der Waals surface area contributed by atoms with E-state index in [0.717, 1.165) is 25.1 Å². The highest BCUT2D eigenvalue weighted by Crippen LogP contribution is 2.27. The van der Waals surface area contributed by atoms with Crippen molar-refractivity contribution in [3.05, 3.63) is 11.5 Å². The Labute approximate surface area is 121 Å². The van der Waals surface area contributed by atoms with Gasteiger partial charge in [-0.3, -0.25) is 0 Å². The summed E-state index contributed by atoms with van der Waals surface area (Å²) >= 11 is 0. The number of nitrogens with zero attached hydrogens (tertiary/aromatic N) is 2. The highest BCUT2D eigenvalue weighted by molar-refractivity contribution is 5.92. The number of hydrogen-bond acceptors (Lipinski definition) is 4. The molecule has 114 valence electrons. The van der Waals surface area contributed by atoms with Gasteiger partial charge in [0.1, 0.15) is 11.6 Å². The number of rotatable bonds is 7. The molecule has 0 bridgehead atoms. The summed E-state index contributed by atoms with van der Waals surface area (Å²) in [5, 5.41) is 0. The number of nitrogens with two attached hydrogens (primary N) is 1. The summed E-state index contributed by atoms with van der Waals surface area (Å²) in [6.45, 7) is 10.6. The predicted molar refractivity (Wildman–Crippen MR) is 80.8 cm³/mol. The van der Waals surface area contributed by atoms with Crippen LogP contribution in [0.25, 0.3) is 0 Å². The molecule has 5 nitrogen and oxygen atoms in total. The lowest BCUT2D eigenvalue weighted by molar-refractivity contribution is 0.0521. The first-order valence-electron chi connectivity index (χ1n) is 7.49. The van der Waals surface area contributed by atoms with E-state index in [4.69, 9.17) is 10.5 Å². The second kappa shape index (κ2) is 7.31. The molecule has 0 saturated heterocycles. The molecule has 1 aromatic heterocycles. The van der Waals surface area contributed by atoms with E-state index in [-0.39, 0.29) is 11.7 Å². The normalized spacial score (nSPS) is 14.1. The third-order valence-corrected chi connectivity index (χ3v) is 3.69. The number of imidazole rings is 1. The van der Waals surface area contributed by atoms with Crippen molar-refractivity contribution >= 4 is 11.8 Å². The van der Waals surface area contributed by atoms with E-state index >= 15 is 0 Å². The van der Waals surface area contributed by atoms with Crippen LogP contribution in [0.3, 0.4) is 0 Å². The fraction of sp³-hybridized carbons (Fsp3) is 0.733. The standard InChI is InChI=1S/C15H27N3O2/c1-6-10(4)9-11(5)18-12(7-2)17-13(14(18)16)15(19)20-8-3/h10-11H,6-9,16H2,1-5H3. The molecule has 1 heterocycles. The molecule has 0 aliphatic heterocycles. The van der Waals surface area contributed by atoms with Gasteiger partial charge in [0, 0.05) is 12.5 Å². The Morgan fingerprint density at radius 2 is 2.00 bits per heavy atom.